The Morgan fingerprint density at radius 3 is 2.47 bits per heavy atom. The van der Waals surface area contributed by atoms with Crippen molar-refractivity contribution >= 4 is 21.7 Å². The van der Waals surface area contributed by atoms with E-state index >= 15 is 0 Å². The van der Waals surface area contributed by atoms with Crippen molar-refractivity contribution in [3.05, 3.63) is 120 Å². The topological polar surface area (TPSA) is 78.1 Å². The normalized spacial score (nSPS) is 16.1. The van der Waals surface area contributed by atoms with Gasteiger partial charge in [-0.25, -0.2) is 21.9 Å². The summed E-state index contributed by atoms with van der Waals surface area (Å²) in [6.07, 6.45) is 13.9. The number of aromatic amines is 1. The highest BCUT2D eigenvalue weighted by atomic mass is 32.2. The summed E-state index contributed by atoms with van der Waals surface area (Å²) in [6, 6.07) is 14.3. The quantitative estimate of drug-likeness (QED) is 0.317. The van der Waals surface area contributed by atoms with Gasteiger partial charge in [0.2, 0.25) is 10.0 Å². The number of rotatable bonds is 7. The predicted octanol–water partition coefficient (Wildman–Crippen LogP) is 5.76. The zero-order chi connectivity index (χ0) is 26.7. The van der Waals surface area contributed by atoms with Gasteiger partial charge in [-0.1, -0.05) is 24.3 Å². The van der Waals surface area contributed by atoms with E-state index in [1.807, 2.05) is 30.7 Å². The molecule has 0 aliphatic carbocycles. The van der Waals surface area contributed by atoms with Gasteiger partial charge in [-0.15, -0.1) is 0 Å². The molecular weight excluding hydrogens is 506 g/mol. The summed E-state index contributed by atoms with van der Waals surface area (Å²) in [5.41, 5.74) is 5.86. The molecule has 9 heteroatoms. The van der Waals surface area contributed by atoms with Crippen LogP contribution in [0, 0.1) is 11.6 Å². The van der Waals surface area contributed by atoms with Crippen molar-refractivity contribution in [1.29, 1.82) is 0 Å². The average Bonchev–Trinajstić information content (AvgIpc) is 3.43. The number of hydrogen-bond donors (Lipinski definition) is 2. The molecule has 194 valence electrons. The number of aromatic nitrogens is 2. The third-order valence-corrected chi connectivity index (χ3v) is 8.12. The Morgan fingerprint density at radius 1 is 1.03 bits per heavy atom. The molecule has 0 saturated carbocycles. The smallest absolute Gasteiger partial charge is 0.243 e. The molecule has 2 aromatic heterocycles. The molecule has 1 aliphatic rings. The van der Waals surface area contributed by atoms with Crippen molar-refractivity contribution in [2.45, 2.75) is 17.4 Å². The number of benzene rings is 2. The third-order valence-electron chi connectivity index (χ3n) is 6.67. The van der Waals surface area contributed by atoms with Crippen LogP contribution in [0.4, 0.5) is 8.78 Å². The zero-order valence-electron chi connectivity index (χ0n) is 20.6. The van der Waals surface area contributed by atoms with Crippen LogP contribution in [-0.4, -0.2) is 36.9 Å². The standard InChI is InChI=1S/C29H26F2N4O2S/c1-32-38(36,37)29-7-2-20(16-27(29)31)10-14-35-15-11-23(17-28(35)22-3-5-24(30)6-4-22)26-19-34-18-25(26)21-8-12-33-13-9-21/h2-14,16,18-19,28,32,34H,15,17H2,1H3. The van der Waals surface area contributed by atoms with Gasteiger partial charge in [0, 0.05) is 48.7 Å². The fraction of sp³-hybridized carbons (Fsp3) is 0.138. The molecule has 5 rings (SSSR count). The van der Waals surface area contributed by atoms with E-state index in [0.717, 1.165) is 27.8 Å². The molecule has 2 aromatic carbocycles. The van der Waals surface area contributed by atoms with Crippen molar-refractivity contribution in [2.75, 3.05) is 13.6 Å². The van der Waals surface area contributed by atoms with E-state index in [1.54, 1.807) is 36.7 Å². The van der Waals surface area contributed by atoms with Crippen LogP contribution < -0.4 is 4.72 Å². The summed E-state index contributed by atoms with van der Waals surface area (Å²) in [5, 5.41) is 0. The Hall–Kier alpha value is -4.08. The minimum atomic E-state index is -3.88. The lowest BCUT2D eigenvalue weighted by atomic mass is 9.88. The molecule has 0 fully saturated rings. The highest BCUT2D eigenvalue weighted by Crippen LogP contribution is 2.39. The molecule has 1 aliphatic heterocycles. The number of H-pyrrole nitrogens is 1. The molecule has 0 amide bonds. The molecule has 0 radical (unpaired) electrons. The summed E-state index contributed by atoms with van der Waals surface area (Å²) >= 11 is 0. The maximum absolute atomic E-state index is 14.5. The van der Waals surface area contributed by atoms with E-state index in [-0.39, 0.29) is 11.9 Å². The summed E-state index contributed by atoms with van der Waals surface area (Å²) in [6.45, 7) is 0.573. The van der Waals surface area contributed by atoms with Crippen molar-refractivity contribution in [2.24, 2.45) is 0 Å². The summed E-state index contributed by atoms with van der Waals surface area (Å²) < 4.78 is 54.4. The van der Waals surface area contributed by atoms with Crippen LogP contribution in [0.5, 0.6) is 0 Å². The minimum absolute atomic E-state index is 0.0965. The van der Waals surface area contributed by atoms with E-state index in [1.165, 1.54) is 31.3 Å². The van der Waals surface area contributed by atoms with E-state index < -0.39 is 20.7 Å². The number of halogens is 2. The molecule has 1 unspecified atom stereocenters. The summed E-state index contributed by atoms with van der Waals surface area (Å²) in [7, 11) is -2.64. The van der Waals surface area contributed by atoms with Gasteiger partial charge in [-0.05, 0) is 78.2 Å². The van der Waals surface area contributed by atoms with Gasteiger partial charge in [0.15, 0.2) is 0 Å². The minimum Gasteiger partial charge on any atom is -0.366 e. The predicted molar refractivity (Wildman–Crippen MR) is 144 cm³/mol. The van der Waals surface area contributed by atoms with E-state index in [4.69, 9.17) is 0 Å². The molecule has 3 heterocycles. The lowest BCUT2D eigenvalue weighted by Crippen LogP contribution is -2.27. The van der Waals surface area contributed by atoms with Crippen molar-refractivity contribution in [3.8, 4) is 11.1 Å². The average molecular weight is 533 g/mol. The Balaban J connectivity index is 1.46. The van der Waals surface area contributed by atoms with E-state index in [9.17, 15) is 17.2 Å². The second-order valence-electron chi connectivity index (χ2n) is 8.93. The van der Waals surface area contributed by atoms with Crippen LogP contribution in [0.1, 0.15) is 29.2 Å². The van der Waals surface area contributed by atoms with E-state index in [2.05, 4.69) is 25.7 Å². The van der Waals surface area contributed by atoms with Crippen LogP contribution in [0.25, 0.3) is 22.8 Å². The SMILES string of the molecule is CNS(=O)(=O)c1ccc(C=CN2CC=C(c3c[nH]cc3-c3ccncc3)CC2c2ccc(F)cc2)cc1F. The third kappa shape index (κ3) is 5.29. The molecule has 2 N–H and O–H groups in total. The van der Waals surface area contributed by atoms with E-state index in [0.29, 0.717) is 18.5 Å². The highest BCUT2D eigenvalue weighted by molar-refractivity contribution is 7.89. The largest absolute Gasteiger partial charge is 0.366 e. The lowest BCUT2D eigenvalue weighted by molar-refractivity contribution is 0.302. The fourth-order valence-electron chi connectivity index (χ4n) is 4.66. The Labute approximate surface area is 220 Å². The maximum Gasteiger partial charge on any atom is 0.243 e. The first-order valence-electron chi connectivity index (χ1n) is 12.0. The fourth-order valence-corrected chi connectivity index (χ4v) is 5.44. The first-order chi connectivity index (χ1) is 18.4. The van der Waals surface area contributed by atoms with Crippen LogP contribution in [0.2, 0.25) is 0 Å². The Morgan fingerprint density at radius 2 is 1.76 bits per heavy atom. The first-order valence-corrected chi connectivity index (χ1v) is 13.5. The maximum atomic E-state index is 14.5. The molecule has 0 saturated heterocycles. The van der Waals surface area contributed by atoms with Gasteiger partial charge in [0.05, 0.1) is 6.04 Å². The summed E-state index contributed by atoms with van der Waals surface area (Å²) in [4.78, 5) is 9.03. The van der Waals surface area contributed by atoms with Crippen LogP contribution in [-0.2, 0) is 10.0 Å². The number of sulfonamides is 1. The second-order valence-corrected chi connectivity index (χ2v) is 10.8. The van der Waals surface area contributed by atoms with Gasteiger partial charge >= 0.3 is 0 Å². The molecule has 4 aromatic rings. The van der Waals surface area contributed by atoms with Gasteiger partial charge in [-0.3, -0.25) is 4.98 Å². The number of nitrogens with zero attached hydrogens (tertiary/aromatic N) is 2. The summed E-state index contributed by atoms with van der Waals surface area (Å²) in [5.74, 6) is -1.13. The molecule has 38 heavy (non-hydrogen) atoms. The monoisotopic (exact) mass is 532 g/mol. The number of hydrogen-bond acceptors (Lipinski definition) is 4. The van der Waals surface area contributed by atoms with Crippen molar-refractivity contribution < 1.29 is 17.2 Å². The number of nitrogens with one attached hydrogen (secondary N) is 2. The van der Waals surface area contributed by atoms with Crippen molar-refractivity contribution in [3.63, 3.8) is 0 Å². The molecule has 0 spiro atoms. The molecule has 0 bridgehead atoms. The highest BCUT2D eigenvalue weighted by Gasteiger charge is 2.25. The lowest BCUT2D eigenvalue weighted by Gasteiger charge is -2.35. The molecule has 1 atom stereocenters. The first kappa shape index (κ1) is 25.6. The molecular formula is C29H26F2N4O2S. The van der Waals surface area contributed by atoms with Gasteiger partial charge < -0.3 is 9.88 Å². The van der Waals surface area contributed by atoms with Crippen LogP contribution in [0.15, 0.2) is 96.6 Å². The van der Waals surface area contributed by atoms with Crippen LogP contribution in [0.3, 0.4) is 0 Å². The Kier molecular flexibility index (Phi) is 7.22. The van der Waals surface area contributed by atoms with Gasteiger partial charge in [0.25, 0.3) is 0 Å². The number of pyridine rings is 1. The molecule has 6 nitrogen and oxygen atoms in total. The van der Waals surface area contributed by atoms with Crippen LogP contribution >= 0.6 is 0 Å². The van der Waals surface area contributed by atoms with Gasteiger partial charge in [0.1, 0.15) is 16.5 Å². The second kappa shape index (κ2) is 10.7. The zero-order valence-corrected chi connectivity index (χ0v) is 21.4. The van der Waals surface area contributed by atoms with Crippen molar-refractivity contribution in [1.82, 2.24) is 19.6 Å². The van der Waals surface area contributed by atoms with Gasteiger partial charge in [-0.2, -0.15) is 0 Å². The Bertz CT molecular complexity index is 1600.